The van der Waals surface area contributed by atoms with Crippen LogP contribution in [0.1, 0.15) is 18.1 Å². The first kappa shape index (κ1) is 18.7. The molecule has 2 N–H and O–H groups in total. The van der Waals surface area contributed by atoms with Gasteiger partial charge >= 0.3 is 0 Å². The highest BCUT2D eigenvalue weighted by molar-refractivity contribution is 5.86. The first-order chi connectivity index (χ1) is 13.2. The number of aliphatic hydroxyl groups excluding tert-OH is 1. The topological polar surface area (TPSA) is 67.8 Å². The number of nitrogens with one attached hydrogen (secondary N) is 1. The summed E-state index contributed by atoms with van der Waals surface area (Å²) in [6.07, 6.45) is -0.222. The van der Waals surface area contributed by atoms with Crippen molar-refractivity contribution in [3.63, 3.8) is 0 Å². The van der Waals surface area contributed by atoms with E-state index in [9.17, 15) is 9.90 Å². The minimum absolute atomic E-state index is 0.106. The lowest BCUT2D eigenvalue weighted by atomic mass is 9.99. The van der Waals surface area contributed by atoms with E-state index in [1.165, 1.54) is 0 Å². The summed E-state index contributed by atoms with van der Waals surface area (Å²) in [5, 5.41) is 15.4. The number of methoxy groups -OCH3 is 1. The predicted octanol–water partition coefficient (Wildman–Crippen LogP) is 3.47. The molecule has 1 atom stereocenters. The van der Waals surface area contributed by atoms with Crippen LogP contribution in [-0.4, -0.2) is 31.3 Å². The minimum atomic E-state index is -0.647. The summed E-state index contributed by atoms with van der Waals surface area (Å²) < 4.78 is 10.7. The van der Waals surface area contributed by atoms with E-state index in [1.807, 2.05) is 54.6 Å². The molecule has 1 unspecified atom stereocenters. The van der Waals surface area contributed by atoms with Crippen LogP contribution in [0.5, 0.6) is 11.5 Å². The van der Waals surface area contributed by atoms with E-state index in [2.05, 4.69) is 5.32 Å². The standard InChI is InChI=1S/C22H23NO4/c1-26-20-11-4-5-12-21(20)27-15-22(25)23-14-13-19(24)18-10-6-8-16-7-2-3-9-17(16)18/h2-12,19,24H,13-15H2,1H3,(H,23,25). The molecule has 0 aliphatic carbocycles. The molecule has 5 heteroatoms. The summed E-state index contributed by atoms with van der Waals surface area (Å²) in [5.74, 6) is 0.855. The van der Waals surface area contributed by atoms with Gasteiger partial charge in [-0.2, -0.15) is 0 Å². The molecular formula is C22H23NO4. The summed E-state index contributed by atoms with van der Waals surface area (Å²) in [7, 11) is 1.55. The van der Waals surface area contributed by atoms with Gasteiger partial charge in [0.2, 0.25) is 0 Å². The van der Waals surface area contributed by atoms with Crippen LogP contribution in [0.25, 0.3) is 10.8 Å². The lowest BCUT2D eigenvalue weighted by Gasteiger charge is -2.15. The van der Waals surface area contributed by atoms with E-state index in [4.69, 9.17) is 9.47 Å². The van der Waals surface area contributed by atoms with Crippen LogP contribution in [0, 0.1) is 0 Å². The van der Waals surface area contributed by atoms with Crippen molar-refractivity contribution >= 4 is 16.7 Å². The maximum atomic E-state index is 12.0. The number of fused-ring (bicyclic) bond motifs is 1. The number of ether oxygens (including phenoxy) is 2. The zero-order valence-corrected chi connectivity index (χ0v) is 15.2. The monoisotopic (exact) mass is 365 g/mol. The molecule has 3 rings (SSSR count). The number of hydrogen-bond acceptors (Lipinski definition) is 4. The number of aliphatic hydroxyl groups is 1. The van der Waals surface area contributed by atoms with Crippen LogP contribution in [0.3, 0.4) is 0 Å². The van der Waals surface area contributed by atoms with Crippen molar-refractivity contribution in [3.8, 4) is 11.5 Å². The largest absolute Gasteiger partial charge is 0.493 e. The van der Waals surface area contributed by atoms with Crippen LogP contribution in [0.15, 0.2) is 66.7 Å². The molecule has 140 valence electrons. The molecular weight excluding hydrogens is 342 g/mol. The van der Waals surface area contributed by atoms with E-state index in [-0.39, 0.29) is 12.5 Å². The summed E-state index contributed by atoms with van der Waals surface area (Å²) in [6.45, 7) is 0.253. The second kappa shape index (κ2) is 9.05. The summed E-state index contributed by atoms with van der Waals surface area (Å²) in [6, 6.07) is 21.0. The van der Waals surface area contributed by atoms with Gasteiger partial charge in [0, 0.05) is 6.54 Å². The maximum absolute atomic E-state index is 12.0. The number of carbonyl (C=O) groups excluding carboxylic acids is 1. The number of rotatable bonds is 8. The van der Waals surface area contributed by atoms with E-state index in [1.54, 1.807) is 19.2 Å². The molecule has 0 bridgehead atoms. The molecule has 3 aromatic carbocycles. The van der Waals surface area contributed by atoms with Gasteiger partial charge in [-0.3, -0.25) is 4.79 Å². The number of amides is 1. The van der Waals surface area contributed by atoms with Gasteiger partial charge in [-0.15, -0.1) is 0 Å². The van der Waals surface area contributed by atoms with Gasteiger partial charge in [0.05, 0.1) is 13.2 Å². The first-order valence-corrected chi connectivity index (χ1v) is 8.87. The van der Waals surface area contributed by atoms with Crippen LogP contribution in [-0.2, 0) is 4.79 Å². The molecule has 5 nitrogen and oxygen atoms in total. The van der Waals surface area contributed by atoms with E-state index in [0.717, 1.165) is 16.3 Å². The maximum Gasteiger partial charge on any atom is 0.257 e. The second-order valence-electron chi connectivity index (χ2n) is 6.16. The van der Waals surface area contributed by atoms with Crippen molar-refractivity contribution in [2.45, 2.75) is 12.5 Å². The van der Waals surface area contributed by atoms with Gasteiger partial charge in [-0.25, -0.2) is 0 Å². The Morgan fingerprint density at radius 2 is 1.70 bits per heavy atom. The Bertz CT molecular complexity index is 904. The van der Waals surface area contributed by atoms with Crippen molar-refractivity contribution in [3.05, 3.63) is 72.3 Å². The minimum Gasteiger partial charge on any atom is -0.493 e. The molecule has 0 radical (unpaired) electrons. The van der Waals surface area contributed by atoms with Gasteiger partial charge in [0.1, 0.15) is 0 Å². The molecule has 0 aromatic heterocycles. The SMILES string of the molecule is COc1ccccc1OCC(=O)NCCC(O)c1cccc2ccccc12. The highest BCUT2D eigenvalue weighted by atomic mass is 16.5. The molecule has 0 aliphatic heterocycles. The number of para-hydroxylation sites is 2. The number of hydrogen-bond donors (Lipinski definition) is 2. The average molecular weight is 365 g/mol. The fraction of sp³-hybridized carbons (Fsp3) is 0.227. The van der Waals surface area contributed by atoms with Crippen molar-refractivity contribution in [2.75, 3.05) is 20.3 Å². The lowest BCUT2D eigenvalue weighted by molar-refractivity contribution is -0.123. The van der Waals surface area contributed by atoms with Gasteiger partial charge in [-0.05, 0) is 34.9 Å². The zero-order chi connectivity index (χ0) is 19.1. The molecule has 1 amide bonds. The predicted molar refractivity (Wildman–Crippen MR) is 105 cm³/mol. The molecule has 0 saturated carbocycles. The Balaban J connectivity index is 1.49. The van der Waals surface area contributed by atoms with Crippen molar-refractivity contribution in [1.29, 1.82) is 0 Å². The van der Waals surface area contributed by atoms with Crippen molar-refractivity contribution in [1.82, 2.24) is 5.32 Å². The highest BCUT2D eigenvalue weighted by Crippen LogP contribution is 2.26. The third kappa shape index (κ3) is 4.77. The summed E-state index contributed by atoms with van der Waals surface area (Å²) in [4.78, 5) is 12.0. The molecule has 0 spiro atoms. The Hall–Kier alpha value is -3.05. The van der Waals surface area contributed by atoms with E-state index in [0.29, 0.717) is 24.5 Å². The summed E-state index contributed by atoms with van der Waals surface area (Å²) in [5.41, 5.74) is 0.868. The quantitative estimate of drug-likeness (QED) is 0.641. The van der Waals surface area contributed by atoms with Crippen LogP contribution < -0.4 is 14.8 Å². The van der Waals surface area contributed by atoms with E-state index < -0.39 is 6.10 Å². The Kier molecular flexibility index (Phi) is 6.28. The van der Waals surface area contributed by atoms with Gasteiger partial charge in [-0.1, -0.05) is 54.6 Å². The molecule has 0 fully saturated rings. The van der Waals surface area contributed by atoms with Gasteiger partial charge < -0.3 is 19.9 Å². The molecule has 27 heavy (non-hydrogen) atoms. The zero-order valence-electron chi connectivity index (χ0n) is 15.2. The fourth-order valence-electron chi connectivity index (χ4n) is 2.98. The summed E-state index contributed by atoms with van der Waals surface area (Å²) >= 11 is 0. The average Bonchev–Trinajstić information content (AvgIpc) is 2.72. The van der Waals surface area contributed by atoms with Crippen LogP contribution in [0.2, 0.25) is 0 Å². The lowest BCUT2D eigenvalue weighted by Crippen LogP contribution is -2.30. The third-order valence-electron chi connectivity index (χ3n) is 4.35. The van der Waals surface area contributed by atoms with Crippen LogP contribution in [0.4, 0.5) is 0 Å². The molecule has 0 saturated heterocycles. The molecule has 0 heterocycles. The smallest absolute Gasteiger partial charge is 0.257 e. The van der Waals surface area contributed by atoms with Gasteiger partial charge in [0.15, 0.2) is 18.1 Å². The fourth-order valence-corrected chi connectivity index (χ4v) is 2.98. The third-order valence-corrected chi connectivity index (χ3v) is 4.35. The second-order valence-corrected chi connectivity index (χ2v) is 6.16. The Labute approximate surface area is 158 Å². The molecule has 0 aliphatic rings. The number of carbonyl (C=O) groups is 1. The normalized spacial score (nSPS) is 11.8. The van der Waals surface area contributed by atoms with Crippen molar-refractivity contribution in [2.24, 2.45) is 0 Å². The van der Waals surface area contributed by atoms with Gasteiger partial charge in [0.25, 0.3) is 5.91 Å². The van der Waals surface area contributed by atoms with Crippen LogP contribution >= 0.6 is 0 Å². The first-order valence-electron chi connectivity index (χ1n) is 8.87. The molecule has 3 aromatic rings. The highest BCUT2D eigenvalue weighted by Gasteiger charge is 2.12. The van der Waals surface area contributed by atoms with Crippen molar-refractivity contribution < 1.29 is 19.4 Å². The number of benzene rings is 3. The Morgan fingerprint density at radius 1 is 1.00 bits per heavy atom. The Morgan fingerprint density at radius 3 is 2.52 bits per heavy atom. The van der Waals surface area contributed by atoms with E-state index >= 15 is 0 Å².